The fourth-order valence-corrected chi connectivity index (χ4v) is 3.35. The molecule has 0 saturated carbocycles. The average molecular weight is 480 g/mol. The number of carbonyl (C=O) groups excluding carboxylic acids is 2. The standard InChI is InChI=1S/C26H26ClN3O4/c1-4-33-23-14-20(13-21(27)24(23)34-16-19-10-6-5-7-11-19)15-28-30-26(32)25(31)29-22-12-8-9-17(2)18(22)3/h5-15H,4,16H2,1-3H3,(H,29,31)(H,30,32)/b28-15-. The summed E-state index contributed by atoms with van der Waals surface area (Å²) < 4.78 is 11.6. The van der Waals surface area contributed by atoms with Gasteiger partial charge in [-0.25, -0.2) is 5.43 Å². The minimum absolute atomic E-state index is 0.333. The Balaban J connectivity index is 1.65. The van der Waals surface area contributed by atoms with Crippen molar-refractivity contribution in [1.29, 1.82) is 0 Å². The molecule has 8 heteroatoms. The summed E-state index contributed by atoms with van der Waals surface area (Å²) in [6.45, 7) is 6.39. The first-order valence-corrected chi connectivity index (χ1v) is 11.1. The number of hydrogen-bond acceptors (Lipinski definition) is 5. The van der Waals surface area contributed by atoms with Crippen LogP contribution in [-0.4, -0.2) is 24.6 Å². The van der Waals surface area contributed by atoms with Crippen molar-refractivity contribution in [1.82, 2.24) is 5.43 Å². The molecule has 176 valence electrons. The molecule has 0 bridgehead atoms. The number of halogens is 1. The van der Waals surface area contributed by atoms with E-state index in [-0.39, 0.29) is 0 Å². The molecule has 0 fully saturated rings. The second-order valence-electron chi connectivity index (χ2n) is 7.44. The van der Waals surface area contributed by atoms with E-state index in [1.165, 1.54) is 6.21 Å². The van der Waals surface area contributed by atoms with Crippen molar-refractivity contribution >= 4 is 35.3 Å². The van der Waals surface area contributed by atoms with Crippen molar-refractivity contribution in [2.24, 2.45) is 5.10 Å². The van der Waals surface area contributed by atoms with Gasteiger partial charge in [0.05, 0.1) is 17.8 Å². The first-order chi connectivity index (χ1) is 16.4. The smallest absolute Gasteiger partial charge is 0.329 e. The van der Waals surface area contributed by atoms with E-state index >= 15 is 0 Å². The van der Waals surface area contributed by atoms with Crippen LogP contribution in [0.2, 0.25) is 5.02 Å². The van der Waals surface area contributed by atoms with E-state index in [1.54, 1.807) is 24.3 Å². The van der Waals surface area contributed by atoms with Crippen LogP contribution in [0.3, 0.4) is 0 Å². The van der Waals surface area contributed by atoms with Gasteiger partial charge in [0.2, 0.25) is 0 Å². The number of ether oxygens (including phenoxy) is 2. The third kappa shape index (κ3) is 6.59. The highest BCUT2D eigenvalue weighted by molar-refractivity contribution is 6.39. The molecule has 0 saturated heterocycles. The van der Waals surface area contributed by atoms with Crippen LogP contribution in [0, 0.1) is 13.8 Å². The summed E-state index contributed by atoms with van der Waals surface area (Å²) in [7, 11) is 0. The van der Waals surface area contributed by atoms with Gasteiger partial charge in [-0.2, -0.15) is 5.10 Å². The van der Waals surface area contributed by atoms with Gasteiger partial charge in [0.1, 0.15) is 6.61 Å². The highest BCUT2D eigenvalue weighted by Gasteiger charge is 2.15. The molecule has 0 aliphatic rings. The Bertz CT molecular complexity index is 1200. The second kappa shape index (κ2) is 11.9. The van der Waals surface area contributed by atoms with Gasteiger partial charge >= 0.3 is 11.8 Å². The monoisotopic (exact) mass is 479 g/mol. The van der Waals surface area contributed by atoms with Gasteiger partial charge in [-0.05, 0) is 61.2 Å². The third-order valence-electron chi connectivity index (χ3n) is 5.00. The van der Waals surface area contributed by atoms with E-state index in [9.17, 15) is 9.59 Å². The van der Waals surface area contributed by atoms with Crippen molar-refractivity contribution in [3.63, 3.8) is 0 Å². The molecule has 2 N–H and O–H groups in total. The summed E-state index contributed by atoms with van der Waals surface area (Å²) in [5.41, 5.74) is 6.25. The Morgan fingerprint density at radius 2 is 1.76 bits per heavy atom. The maximum absolute atomic E-state index is 12.2. The molecule has 0 aromatic heterocycles. The van der Waals surface area contributed by atoms with E-state index in [2.05, 4.69) is 15.8 Å². The first-order valence-electron chi connectivity index (χ1n) is 10.7. The quantitative estimate of drug-likeness (QED) is 0.269. The molecule has 0 radical (unpaired) electrons. The number of amides is 2. The lowest BCUT2D eigenvalue weighted by atomic mass is 10.1. The van der Waals surface area contributed by atoms with E-state index in [4.69, 9.17) is 21.1 Å². The molecule has 0 spiro atoms. The van der Waals surface area contributed by atoms with Gasteiger partial charge in [-0.3, -0.25) is 9.59 Å². The van der Waals surface area contributed by atoms with E-state index in [0.717, 1.165) is 16.7 Å². The van der Waals surface area contributed by atoms with Crippen LogP contribution >= 0.6 is 11.6 Å². The summed E-state index contributed by atoms with van der Waals surface area (Å²) in [5.74, 6) is -0.840. The molecule has 34 heavy (non-hydrogen) atoms. The second-order valence-corrected chi connectivity index (χ2v) is 7.85. The molecule has 0 aliphatic heterocycles. The Labute approximate surface area is 203 Å². The Hall–Kier alpha value is -3.84. The number of rotatable bonds is 8. The molecule has 0 aliphatic carbocycles. The molecular weight excluding hydrogens is 454 g/mol. The molecule has 7 nitrogen and oxygen atoms in total. The van der Waals surface area contributed by atoms with Crippen LogP contribution in [0.25, 0.3) is 0 Å². The van der Waals surface area contributed by atoms with Crippen molar-refractivity contribution in [2.45, 2.75) is 27.4 Å². The molecule has 0 atom stereocenters. The van der Waals surface area contributed by atoms with Gasteiger partial charge in [-0.15, -0.1) is 0 Å². The van der Waals surface area contributed by atoms with Crippen LogP contribution in [-0.2, 0) is 16.2 Å². The number of benzene rings is 3. The van der Waals surface area contributed by atoms with E-state index in [1.807, 2.05) is 57.2 Å². The van der Waals surface area contributed by atoms with Crippen LogP contribution in [0.4, 0.5) is 5.69 Å². The van der Waals surface area contributed by atoms with E-state index < -0.39 is 11.8 Å². The van der Waals surface area contributed by atoms with E-state index in [0.29, 0.717) is 41.0 Å². The van der Waals surface area contributed by atoms with Crippen LogP contribution < -0.4 is 20.2 Å². The zero-order chi connectivity index (χ0) is 24.5. The summed E-state index contributed by atoms with van der Waals surface area (Å²) in [4.78, 5) is 24.3. The summed E-state index contributed by atoms with van der Waals surface area (Å²) in [6, 6.07) is 18.5. The molecule has 3 aromatic rings. The maximum Gasteiger partial charge on any atom is 0.329 e. The van der Waals surface area contributed by atoms with Gasteiger partial charge in [0.25, 0.3) is 0 Å². The predicted molar refractivity (Wildman–Crippen MR) is 134 cm³/mol. The number of carbonyl (C=O) groups is 2. The normalized spacial score (nSPS) is 10.7. The molecule has 3 rings (SSSR count). The third-order valence-corrected chi connectivity index (χ3v) is 5.28. The molecule has 2 amide bonds. The molecule has 3 aromatic carbocycles. The Morgan fingerprint density at radius 3 is 2.50 bits per heavy atom. The maximum atomic E-state index is 12.2. The number of nitrogens with one attached hydrogen (secondary N) is 2. The van der Waals surface area contributed by atoms with Crippen molar-refractivity contribution in [3.8, 4) is 11.5 Å². The fourth-order valence-electron chi connectivity index (χ4n) is 3.08. The number of nitrogens with zero attached hydrogens (tertiary/aromatic N) is 1. The molecule has 0 unspecified atom stereocenters. The lowest BCUT2D eigenvalue weighted by Gasteiger charge is -2.14. The Morgan fingerprint density at radius 1 is 1.00 bits per heavy atom. The zero-order valence-corrected chi connectivity index (χ0v) is 20.0. The van der Waals surface area contributed by atoms with Crippen LogP contribution in [0.15, 0.2) is 65.8 Å². The zero-order valence-electron chi connectivity index (χ0n) is 19.2. The number of hydrazone groups is 1. The average Bonchev–Trinajstić information content (AvgIpc) is 2.82. The Kier molecular flexibility index (Phi) is 8.65. The lowest BCUT2D eigenvalue weighted by molar-refractivity contribution is -0.136. The van der Waals surface area contributed by atoms with Gasteiger partial charge < -0.3 is 14.8 Å². The fraction of sp³-hybridized carbons (Fsp3) is 0.192. The highest BCUT2D eigenvalue weighted by Crippen LogP contribution is 2.37. The van der Waals surface area contributed by atoms with Crippen molar-refractivity contribution in [2.75, 3.05) is 11.9 Å². The minimum atomic E-state index is -0.893. The van der Waals surface area contributed by atoms with Gasteiger partial charge in [-0.1, -0.05) is 54.1 Å². The summed E-state index contributed by atoms with van der Waals surface area (Å²) >= 11 is 6.43. The molecular formula is C26H26ClN3O4. The first kappa shape index (κ1) is 24.8. The lowest BCUT2D eigenvalue weighted by Crippen LogP contribution is -2.32. The SMILES string of the molecule is CCOc1cc(/C=N\NC(=O)C(=O)Nc2cccc(C)c2C)cc(Cl)c1OCc1ccccc1. The van der Waals surface area contributed by atoms with Crippen molar-refractivity contribution in [3.05, 3.63) is 87.9 Å². The summed E-state index contributed by atoms with van der Waals surface area (Å²) in [6.07, 6.45) is 1.37. The topological polar surface area (TPSA) is 89.0 Å². The largest absolute Gasteiger partial charge is 0.490 e. The predicted octanol–water partition coefficient (Wildman–Crippen LogP) is 5.02. The van der Waals surface area contributed by atoms with Crippen molar-refractivity contribution < 1.29 is 19.1 Å². The number of hydrogen-bond donors (Lipinski definition) is 2. The van der Waals surface area contributed by atoms with Crippen LogP contribution in [0.5, 0.6) is 11.5 Å². The van der Waals surface area contributed by atoms with Gasteiger partial charge in [0.15, 0.2) is 11.5 Å². The number of aryl methyl sites for hydroxylation is 1. The summed E-state index contributed by atoms with van der Waals surface area (Å²) in [5, 5.41) is 6.79. The molecule has 0 heterocycles. The number of anilines is 1. The van der Waals surface area contributed by atoms with Crippen LogP contribution in [0.1, 0.15) is 29.2 Å². The highest BCUT2D eigenvalue weighted by atomic mass is 35.5. The minimum Gasteiger partial charge on any atom is -0.490 e. The van der Waals surface area contributed by atoms with Gasteiger partial charge in [0, 0.05) is 5.69 Å².